The number of amides is 2. The van der Waals surface area contributed by atoms with Crippen molar-refractivity contribution < 1.29 is 9.59 Å². The second kappa shape index (κ2) is 10.5. The van der Waals surface area contributed by atoms with Gasteiger partial charge in [0, 0.05) is 27.7 Å². The molecular weight excluding hydrogens is 431 g/mol. The molecule has 0 saturated heterocycles. The van der Waals surface area contributed by atoms with E-state index in [1.54, 1.807) is 23.1 Å². The molecule has 2 aromatic rings. The third-order valence-corrected chi connectivity index (χ3v) is 5.62. The van der Waals surface area contributed by atoms with E-state index in [0.29, 0.717) is 22.0 Å². The average Bonchev–Trinajstić information content (AvgIpc) is 2.61. The average molecular weight is 463 g/mol. The van der Waals surface area contributed by atoms with Crippen LogP contribution in [0.15, 0.2) is 36.4 Å². The first-order valence-electron chi connectivity index (χ1n) is 10.5. The van der Waals surface area contributed by atoms with E-state index in [1.807, 2.05) is 53.7 Å². The van der Waals surface area contributed by atoms with Crippen LogP contribution in [0.3, 0.4) is 0 Å². The molecule has 0 saturated carbocycles. The van der Waals surface area contributed by atoms with Gasteiger partial charge in [-0.2, -0.15) is 0 Å². The van der Waals surface area contributed by atoms with Gasteiger partial charge >= 0.3 is 0 Å². The first-order chi connectivity index (χ1) is 14.4. The summed E-state index contributed by atoms with van der Waals surface area (Å²) in [4.78, 5) is 28.2. The van der Waals surface area contributed by atoms with E-state index in [9.17, 15) is 9.59 Å². The number of hydrogen-bond acceptors (Lipinski definition) is 2. The number of benzene rings is 2. The molecule has 0 aromatic heterocycles. The first-order valence-corrected chi connectivity index (χ1v) is 11.3. The van der Waals surface area contributed by atoms with Gasteiger partial charge in [0.25, 0.3) is 0 Å². The SMILES string of the molecule is CC[C@H](C(=O)NC(C)(C)C)N(Cc1c(Cl)cccc1Cl)C(=O)Cc1cc(C)cc(C)c1. The summed E-state index contributed by atoms with van der Waals surface area (Å²) in [7, 11) is 0. The molecule has 2 rings (SSSR count). The van der Waals surface area contributed by atoms with Crippen LogP contribution >= 0.6 is 23.2 Å². The van der Waals surface area contributed by atoms with Gasteiger partial charge < -0.3 is 10.2 Å². The quantitative estimate of drug-likeness (QED) is 0.558. The highest BCUT2D eigenvalue weighted by Gasteiger charge is 2.31. The summed E-state index contributed by atoms with van der Waals surface area (Å²) in [5.74, 6) is -0.330. The normalized spacial score (nSPS) is 12.4. The Kier molecular flexibility index (Phi) is 8.56. The Morgan fingerprint density at radius 1 is 1.03 bits per heavy atom. The Morgan fingerprint density at radius 3 is 2.06 bits per heavy atom. The molecule has 0 fully saturated rings. The molecule has 0 heterocycles. The van der Waals surface area contributed by atoms with Crippen LogP contribution in [0.4, 0.5) is 0 Å². The monoisotopic (exact) mass is 462 g/mol. The van der Waals surface area contributed by atoms with Gasteiger partial charge in [0.15, 0.2) is 0 Å². The van der Waals surface area contributed by atoms with Crippen molar-refractivity contribution >= 4 is 35.0 Å². The van der Waals surface area contributed by atoms with E-state index in [2.05, 4.69) is 11.4 Å². The second-order valence-corrected chi connectivity index (χ2v) is 9.87. The molecule has 31 heavy (non-hydrogen) atoms. The molecule has 0 unspecified atom stereocenters. The number of carbonyl (C=O) groups excluding carboxylic acids is 2. The molecule has 6 heteroatoms. The fourth-order valence-corrected chi connectivity index (χ4v) is 4.19. The third-order valence-electron chi connectivity index (χ3n) is 4.91. The fourth-order valence-electron chi connectivity index (χ4n) is 3.67. The van der Waals surface area contributed by atoms with Gasteiger partial charge in [-0.1, -0.05) is 65.5 Å². The Labute approximate surface area is 195 Å². The van der Waals surface area contributed by atoms with Crippen molar-refractivity contribution in [1.82, 2.24) is 10.2 Å². The zero-order valence-electron chi connectivity index (χ0n) is 19.2. The fraction of sp³-hybridized carbons (Fsp3) is 0.440. The van der Waals surface area contributed by atoms with Gasteiger partial charge in [0.1, 0.15) is 6.04 Å². The Bertz CT molecular complexity index is 911. The molecule has 0 aliphatic rings. The van der Waals surface area contributed by atoms with Crippen LogP contribution in [0.2, 0.25) is 10.0 Å². The minimum absolute atomic E-state index is 0.142. The lowest BCUT2D eigenvalue weighted by molar-refractivity contribution is -0.141. The highest BCUT2D eigenvalue weighted by Crippen LogP contribution is 2.27. The topological polar surface area (TPSA) is 49.4 Å². The Hall–Kier alpha value is -2.04. The summed E-state index contributed by atoms with van der Waals surface area (Å²) < 4.78 is 0. The predicted octanol–water partition coefficient (Wildman–Crippen LogP) is 5.87. The van der Waals surface area contributed by atoms with Crippen LogP contribution in [0.1, 0.15) is 56.4 Å². The molecule has 168 valence electrons. The van der Waals surface area contributed by atoms with Crippen LogP contribution in [-0.2, 0) is 22.6 Å². The van der Waals surface area contributed by atoms with Crippen LogP contribution in [0, 0.1) is 13.8 Å². The van der Waals surface area contributed by atoms with Crippen LogP contribution in [0.25, 0.3) is 0 Å². The minimum Gasteiger partial charge on any atom is -0.350 e. The van der Waals surface area contributed by atoms with Crippen LogP contribution in [0.5, 0.6) is 0 Å². The van der Waals surface area contributed by atoms with Crippen molar-refractivity contribution in [3.8, 4) is 0 Å². The molecule has 0 radical (unpaired) electrons. The summed E-state index contributed by atoms with van der Waals surface area (Å²) in [6, 6.07) is 10.7. The smallest absolute Gasteiger partial charge is 0.243 e. The number of rotatable bonds is 7. The standard InChI is InChI=1S/C25H32Cl2N2O2/c1-7-22(24(31)28-25(4,5)6)29(15-19-20(26)9-8-10-21(19)27)23(30)14-18-12-16(2)11-17(3)13-18/h8-13,22H,7,14-15H2,1-6H3,(H,28,31)/t22-/m1/s1. The van der Waals surface area contributed by atoms with Crippen molar-refractivity contribution in [2.75, 3.05) is 0 Å². The number of nitrogens with zero attached hydrogens (tertiary/aromatic N) is 1. The maximum Gasteiger partial charge on any atom is 0.243 e. The van der Waals surface area contributed by atoms with Crippen molar-refractivity contribution in [3.05, 3.63) is 68.7 Å². The molecule has 1 atom stereocenters. The third kappa shape index (κ3) is 7.26. The first kappa shape index (κ1) is 25.2. The van der Waals surface area contributed by atoms with Crippen molar-refractivity contribution in [2.24, 2.45) is 0 Å². The lowest BCUT2D eigenvalue weighted by atomic mass is 10.0. The maximum absolute atomic E-state index is 13.5. The van der Waals surface area contributed by atoms with Crippen molar-refractivity contribution in [3.63, 3.8) is 0 Å². The van der Waals surface area contributed by atoms with Gasteiger partial charge in [0.2, 0.25) is 11.8 Å². The molecule has 1 N–H and O–H groups in total. The van der Waals surface area contributed by atoms with Crippen molar-refractivity contribution in [1.29, 1.82) is 0 Å². The lowest BCUT2D eigenvalue weighted by Crippen LogP contribution is -2.53. The summed E-state index contributed by atoms with van der Waals surface area (Å²) in [5.41, 5.74) is 3.35. The van der Waals surface area contributed by atoms with E-state index in [-0.39, 0.29) is 24.8 Å². The Balaban J connectivity index is 2.42. The van der Waals surface area contributed by atoms with Crippen molar-refractivity contribution in [2.45, 2.75) is 72.5 Å². The minimum atomic E-state index is -0.634. The van der Waals surface area contributed by atoms with Gasteiger partial charge in [-0.25, -0.2) is 0 Å². The predicted molar refractivity (Wildman–Crippen MR) is 129 cm³/mol. The van der Waals surface area contributed by atoms with E-state index in [0.717, 1.165) is 16.7 Å². The second-order valence-electron chi connectivity index (χ2n) is 9.06. The van der Waals surface area contributed by atoms with Gasteiger partial charge in [0.05, 0.1) is 6.42 Å². The summed E-state index contributed by atoms with van der Waals surface area (Å²) in [5, 5.41) is 3.95. The van der Waals surface area contributed by atoms with E-state index in [1.165, 1.54) is 0 Å². The van der Waals surface area contributed by atoms with Crippen LogP contribution < -0.4 is 5.32 Å². The summed E-state index contributed by atoms with van der Waals surface area (Å²) in [6.07, 6.45) is 0.673. The zero-order valence-corrected chi connectivity index (χ0v) is 20.7. The number of nitrogens with one attached hydrogen (secondary N) is 1. The summed E-state index contributed by atoms with van der Waals surface area (Å²) in [6.45, 7) is 11.8. The van der Waals surface area contributed by atoms with E-state index in [4.69, 9.17) is 23.2 Å². The number of carbonyl (C=O) groups is 2. The summed E-state index contributed by atoms with van der Waals surface area (Å²) >= 11 is 12.8. The van der Waals surface area contributed by atoms with E-state index < -0.39 is 11.6 Å². The van der Waals surface area contributed by atoms with Gasteiger partial charge in [-0.3, -0.25) is 9.59 Å². The molecule has 0 spiro atoms. The lowest BCUT2D eigenvalue weighted by Gasteiger charge is -2.33. The largest absolute Gasteiger partial charge is 0.350 e. The molecule has 0 bridgehead atoms. The molecule has 0 aliphatic carbocycles. The van der Waals surface area contributed by atoms with Gasteiger partial charge in [-0.15, -0.1) is 0 Å². The number of halogens is 2. The highest BCUT2D eigenvalue weighted by molar-refractivity contribution is 6.36. The molecule has 0 aliphatic heterocycles. The van der Waals surface area contributed by atoms with Gasteiger partial charge in [-0.05, 0) is 58.7 Å². The molecule has 2 aromatic carbocycles. The number of hydrogen-bond donors (Lipinski definition) is 1. The number of aryl methyl sites for hydroxylation is 2. The molecular formula is C25H32Cl2N2O2. The van der Waals surface area contributed by atoms with E-state index >= 15 is 0 Å². The van der Waals surface area contributed by atoms with Crippen LogP contribution in [-0.4, -0.2) is 28.3 Å². The Morgan fingerprint density at radius 2 is 1.58 bits per heavy atom. The zero-order chi connectivity index (χ0) is 23.3. The molecule has 2 amide bonds. The highest BCUT2D eigenvalue weighted by atomic mass is 35.5. The maximum atomic E-state index is 13.5. The molecule has 4 nitrogen and oxygen atoms in total.